The minimum Gasteiger partial charge on any atom is -0.354 e. The molecule has 1 heterocycles. The maximum absolute atomic E-state index is 11.9. The van der Waals surface area contributed by atoms with Crippen molar-refractivity contribution in [1.29, 1.82) is 0 Å². The predicted octanol–water partition coefficient (Wildman–Crippen LogP) is -0.400. The first-order valence-corrected chi connectivity index (χ1v) is 3.95. The molecule has 0 aromatic heterocycles. The van der Waals surface area contributed by atoms with Crippen LogP contribution in [0.5, 0.6) is 0 Å². The Hall–Kier alpha value is -1.20. The molecule has 1 aliphatic heterocycles. The first kappa shape index (κ1) is 9.88. The minimum absolute atomic E-state index is 0.210. The van der Waals surface area contributed by atoms with E-state index in [0.717, 1.165) is 4.90 Å². The fraction of sp³-hybridized carbons (Fsp3) is 0.714. The van der Waals surface area contributed by atoms with Gasteiger partial charge in [0.15, 0.2) is 0 Å². The summed E-state index contributed by atoms with van der Waals surface area (Å²) in [4.78, 5) is 22.5. The molecule has 0 aliphatic carbocycles. The van der Waals surface area contributed by atoms with Crippen molar-refractivity contribution in [3.63, 3.8) is 0 Å². The number of rotatable bonds is 1. The zero-order valence-corrected chi connectivity index (χ0v) is 6.93. The first-order chi connectivity index (χ1) is 6.11. The number of amides is 2. The van der Waals surface area contributed by atoms with Crippen molar-refractivity contribution < 1.29 is 18.4 Å². The van der Waals surface area contributed by atoms with E-state index in [1.807, 2.05) is 0 Å². The van der Waals surface area contributed by atoms with Crippen LogP contribution in [0.4, 0.5) is 8.78 Å². The van der Waals surface area contributed by atoms with E-state index in [-0.39, 0.29) is 19.0 Å². The van der Waals surface area contributed by atoms with Gasteiger partial charge in [0.05, 0.1) is 6.54 Å². The van der Waals surface area contributed by atoms with Gasteiger partial charge in [-0.2, -0.15) is 8.78 Å². The Kier molecular flexibility index (Phi) is 3.16. The minimum atomic E-state index is -3.02. The van der Waals surface area contributed by atoms with Crippen LogP contribution in [-0.2, 0) is 9.59 Å². The topological polar surface area (TPSA) is 49.4 Å². The Balaban J connectivity index is 2.57. The van der Waals surface area contributed by atoms with Crippen LogP contribution < -0.4 is 5.32 Å². The van der Waals surface area contributed by atoms with Gasteiger partial charge in [-0.3, -0.25) is 9.59 Å². The van der Waals surface area contributed by atoms with Crippen LogP contribution in [0.15, 0.2) is 0 Å². The van der Waals surface area contributed by atoms with E-state index in [4.69, 9.17) is 0 Å². The molecule has 13 heavy (non-hydrogen) atoms. The standard InChI is InChI=1S/C7H10F2N2O2/c8-6(9)7(13)11-3-1-2-10-5(12)4-11/h6H,1-4H2,(H,10,12). The smallest absolute Gasteiger partial charge is 0.315 e. The van der Waals surface area contributed by atoms with Gasteiger partial charge in [0.25, 0.3) is 5.91 Å². The molecule has 4 nitrogen and oxygen atoms in total. The molecular weight excluding hydrogens is 182 g/mol. The van der Waals surface area contributed by atoms with E-state index in [9.17, 15) is 18.4 Å². The number of hydrogen-bond acceptors (Lipinski definition) is 2. The zero-order valence-electron chi connectivity index (χ0n) is 6.93. The van der Waals surface area contributed by atoms with Crippen molar-refractivity contribution in [2.75, 3.05) is 19.6 Å². The fourth-order valence-electron chi connectivity index (χ4n) is 1.13. The van der Waals surface area contributed by atoms with Crippen LogP contribution in [0, 0.1) is 0 Å². The summed E-state index contributed by atoms with van der Waals surface area (Å²) in [6.07, 6.45) is -2.50. The number of nitrogens with zero attached hydrogens (tertiary/aromatic N) is 1. The number of carbonyl (C=O) groups excluding carboxylic acids is 2. The molecule has 0 spiro atoms. The summed E-state index contributed by atoms with van der Waals surface area (Å²) in [6, 6.07) is 0. The number of halogens is 2. The molecule has 1 aliphatic rings. The van der Waals surface area contributed by atoms with E-state index >= 15 is 0 Å². The second-order valence-electron chi connectivity index (χ2n) is 2.76. The summed E-state index contributed by atoms with van der Waals surface area (Å²) in [5.74, 6) is -1.65. The molecule has 2 amide bonds. The lowest BCUT2D eigenvalue weighted by Gasteiger charge is -2.17. The van der Waals surface area contributed by atoms with Crippen molar-refractivity contribution in [2.45, 2.75) is 12.8 Å². The second kappa shape index (κ2) is 4.15. The van der Waals surface area contributed by atoms with Gasteiger partial charge in [-0.15, -0.1) is 0 Å². The van der Waals surface area contributed by atoms with Gasteiger partial charge in [-0.1, -0.05) is 0 Å². The fourth-order valence-corrected chi connectivity index (χ4v) is 1.13. The normalized spacial score (nSPS) is 18.4. The summed E-state index contributed by atoms with van der Waals surface area (Å²) in [5, 5.41) is 2.49. The third-order valence-corrected chi connectivity index (χ3v) is 1.76. The van der Waals surface area contributed by atoms with E-state index in [1.165, 1.54) is 0 Å². The van der Waals surface area contributed by atoms with Crippen LogP contribution in [0.3, 0.4) is 0 Å². The highest BCUT2D eigenvalue weighted by Crippen LogP contribution is 2.03. The highest BCUT2D eigenvalue weighted by Gasteiger charge is 2.26. The van der Waals surface area contributed by atoms with Gasteiger partial charge in [0, 0.05) is 13.1 Å². The largest absolute Gasteiger partial charge is 0.354 e. The monoisotopic (exact) mass is 192 g/mol. The van der Waals surface area contributed by atoms with Crippen molar-refractivity contribution in [1.82, 2.24) is 10.2 Å². The average molecular weight is 192 g/mol. The number of hydrogen-bond donors (Lipinski definition) is 1. The first-order valence-electron chi connectivity index (χ1n) is 3.95. The van der Waals surface area contributed by atoms with Crippen LogP contribution in [0.25, 0.3) is 0 Å². The highest BCUT2D eigenvalue weighted by molar-refractivity contribution is 5.86. The third-order valence-electron chi connectivity index (χ3n) is 1.76. The number of nitrogens with one attached hydrogen (secondary N) is 1. The predicted molar refractivity (Wildman–Crippen MR) is 40.2 cm³/mol. The van der Waals surface area contributed by atoms with Gasteiger partial charge in [-0.25, -0.2) is 0 Å². The Morgan fingerprint density at radius 2 is 2.23 bits per heavy atom. The average Bonchev–Trinajstić information content (AvgIpc) is 2.28. The van der Waals surface area contributed by atoms with Gasteiger partial charge >= 0.3 is 6.43 Å². The van der Waals surface area contributed by atoms with Gasteiger partial charge in [0.2, 0.25) is 5.91 Å². The van der Waals surface area contributed by atoms with Gasteiger partial charge < -0.3 is 10.2 Å². The van der Waals surface area contributed by atoms with Crippen molar-refractivity contribution in [3.05, 3.63) is 0 Å². The Labute approximate surface area is 73.9 Å². The lowest BCUT2D eigenvalue weighted by molar-refractivity contribution is -0.144. The van der Waals surface area contributed by atoms with E-state index < -0.39 is 12.3 Å². The molecule has 1 saturated heterocycles. The van der Waals surface area contributed by atoms with Gasteiger partial charge in [-0.05, 0) is 6.42 Å². The molecule has 74 valence electrons. The molecule has 0 aromatic rings. The molecule has 6 heteroatoms. The lowest BCUT2D eigenvalue weighted by Crippen LogP contribution is -2.40. The van der Waals surface area contributed by atoms with Gasteiger partial charge in [0.1, 0.15) is 0 Å². The Morgan fingerprint density at radius 1 is 1.54 bits per heavy atom. The van der Waals surface area contributed by atoms with Crippen LogP contribution in [0.2, 0.25) is 0 Å². The molecule has 0 unspecified atom stereocenters. The molecule has 1 fully saturated rings. The summed E-state index contributed by atoms with van der Waals surface area (Å²) < 4.78 is 23.9. The number of carbonyl (C=O) groups is 2. The molecule has 0 saturated carbocycles. The second-order valence-corrected chi connectivity index (χ2v) is 2.76. The van der Waals surface area contributed by atoms with Crippen molar-refractivity contribution in [3.8, 4) is 0 Å². The third kappa shape index (κ3) is 2.64. The van der Waals surface area contributed by atoms with Crippen LogP contribution in [-0.4, -0.2) is 42.8 Å². The van der Waals surface area contributed by atoms with Crippen molar-refractivity contribution in [2.24, 2.45) is 0 Å². The summed E-state index contributed by atoms with van der Waals surface area (Å²) in [5.41, 5.74) is 0. The molecule has 1 rings (SSSR count). The number of alkyl halides is 2. The Bertz CT molecular complexity index is 221. The zero-order chi connectivity index (χ0) is 9.84. The van der Waals surface area contributed by atoms with Crippen molar-refractivity contribution >= 4 is 11.8 Å². The molecule has 1 N–H and O–H groups in total. The highest BCUT2D eigenvalue weighted by atomic mass is 19.3. The molecule has 0 aromatic carbocycles. The summed E-state index contributed by atoms with van der Waals surface area (Å²) >= 11 is 0. The summed E-state index contributed by atoms with van der Waals surface area (Å²) in [7, 11) is 0. The molecule has 0 radical (unpaired) electrons. The quantitative estimate of drug-likeness (QED) is 0.614. The molecular formula is C7H10F2N2O2. The maximum atomic E-state index is 11.9. The Morgan fingerprint density at radius 3 is 2.85 bits per heavy atom. The lowest BCUT2D eigenvalue weighted by atomic mass is 10.4. The maximum Gasteiger partial charge on any atom is 0.315 e. The van der Waals surface area contributed by atoms with E-state index in [2.05, 4.69) is 5.32 Å². The SMILES string of the molecule is O=C1CN(C(=O)C(F)F)CCCN1. The van der Waals surface area contributed by atoms with E-state index in [1.54, 1.807) is 0 Å². The molecule has 0 atom stereocenters. The van der Waals surface area contributed by atoms with E-state index in [0.29, 0.717) is 13.0 Å². The summed E-state index contributed by atoms with van der Waals surface area (Å²) in [6.45, 7) is 0.386. The van der Waals surface area contributed by atoms with Crippen LogP contribution in [0.1, 0.15) is 6.42 Å². The van der Waals surface area contributed by atoms with Crippen LogP contribution >= 0.6 is 0 Å². The molecule has 0 bridgehead atoms.